The van der Waals surface area contributed by atoms with Crippen molar-refractivity contribution in [3.63, 3.8) is 0 Å². The number of anilines is 1. The van der Waals surface area contributed by atoms with Crippen LogP contribution in [-0.2, 0) is 0 Å². The SMILES string of the molecule is Nc1nc(-c2ccc(Cl)cc2)c(C2CCCC2)s1. The lowest BCUT2D eigenvalue weighted by atomic mass is 10.0. The predicted octanol–water partition coefficient (Wildman–Crippen LogP) is 4.70. The third-order valence-corrected chi connectivity index (χ3v) is 4.81. The largest absolute Gasteiger partial charge is 0.375 e. The third-order valence-electron chi connectivity index (χ3n) is 3.51. The first-order valence-electron chi connectivity index (χ1n) is 6.26. The van der Waals surface area contributed by atoms with E-state index in [4.69, 9.17) is 17.3 Å². The highest BCUT2D eigenvalue weighted by atomic mass is 35.5. The van der Waals surface area contributed by atoms with Crippen LogP contribution in [0.5, 0.6) is 0 Å². The number of thiazole rings is 1. The molecule has 2 nitrogen and oxygen atoms in total. The fraction of sp³-hybridized carbons (Fsp3) is 0.357. The van der Waals surface area contributed by atoms with Crippen molar-refractivity contribution in [3.8, 4) is 11.3 Å². The van der Waals surface area contributed by atoms with Gasteiger partial charge in [0.05, 0.1) is 5.69 Å². The van der Waals surface area contributed by atoms with E-state index in [9.17, 15) is 0 Å². The Balaban J connectivity index is 2.02. The first kappa shape index (κ1) is 12.0. The molecule has 1 heterocycles. The van der Waals surface area contributed by atoms with Crippen molar-refractivity contribution < 1.29 is 0 Å². The van der Waals surface area contributed by atoms with E-state index >= 15 is 0 Å². The average molecular weight is 279 g/mol. The maximum absolute atomic E-state index is 5.93. The smallest absolute Gasteiger partial charge is 0.180 e. The van der Waals surface area contributed by atoms with Gasteiger partial charge in [-0.1, -0.05) is 36.6 Å². The quantitative estimate of drug-likeness (QED) is 0.864. The lowest BCUT2D eigenvalue weighted by molar-refractivity contribution is 0.738. The van der Waals surface area contributed by atoms with E-state index < -0.39 is 0 Å². The molecule has 1 saturated carbocycles. The molecule has 3 rings (SSSR count). The zero-order valence-corrected chi connectivity index (χ0v) is 11.6. The highest BCUT2D eigenvalue weighted by Crippen LogP contribution is 2.43. The van der Waals surface area contributed by atoms with E-state index in [1.54, 1.807) is 11.3 Å². The second kappa shape index (κ2) is 4.90. The molecule has 18 heavy (non-hydrogen) atoms. The van der Waals surface area contributed by atoms with Gasteiger partial charge in [-0.3, -0.25) is 0 Å². The fourth-order valence-electron chi connectivity index (χ4n) is 2.63. The molecule has 0 unspecified atom stereocenters. The summed E-state index contributed by atoms with van der Waals surface area (Å²) >= 11 is 7.57. The molecule has 1 aromatic carbocycles. The van der Waals surface area contributed by atoms with E-state index in [1.807, 2.05) is 24.3 Å². The molecule has 0 bridgehead atoms. The monoisotopic (exact) mass is 278 g/mol. The minimum absolute atomic E-state index is 0.644. The van der Waals surface area contributed by atoms with Crippen molar-refractivity contribution in [1.82, 2.24) is 4.98 Å². The normalized spacial score (nSPS) is 16.3. The summed E-state index contributed by atoms with van der Waals surface area (Å²) in [5, 5.41) is 1.42. The van der Waals surface area contributed by atoms with Crippen molar-refractivity contribution in [2.24, 2.45) is 0 Å². The Morgan fingerprint density at radius 1 is 1.17 bits per heavy atom. The molecule has 2 N–H and O–H groups in total. The zero-order chi connectivity index (χ0) is 12.5. The lowest BCUT2D eigenvalue weighted by Gasteiger charge is -2.08. The standard InChI is InChI=1S/C14H15ClN2S/c15-11-7-5-9(6-8-11)12-13(18-14(16)17-12)10-3-1-2-4-10/h5-8,10H,1-4H2,(H2,16,17). The summed E-state index contributed by atoms with van der Waals surface area (Å²) in [6.45, 7) is 0. The Morgan fingerprint density at radius 2 is 1.83 bits per heavy atom. The summed E-state index contributed by atoms with van der Waals surface area (Å²) in [6.07, 6.45) is 5.18. The van der Waals surface area contributed by atoms with Gasteiger partial charge in [0, 0.05) is 15.5 Å². The van der Waals surface area contributed by atoms with Gasteiger partial charge in [0.25, 0.3) is 0 Å². The number of nitrogen functional groups attached to an aromatic ring is 1. The first-order chi connectivity index (χ1) is 8.74. The second-order valence-corrected chi connectivity index (χ2v) is 6.25. The summed E-state index contributed by atoms with van der Waals surface area (Å²) in [6, 6.07) is 7.86. The van der Waals surface area contributed by atoms with Crippen molar-refractivity contribution in [2.75, 3.05) is 5.73 Å². The number of nitrogens with zero attached hydrogens (tertiary/aromatic N) is 1. The van der Waals surface area contributed by atoms with Crippen LogP contribution in [0.15, 0.2) is 24.3 Å². The predicted molar refractivity (Wildman–Crippen MR) is 78.2 cm³/mol. The molecule has 1 aliphatic rings. The van der Waals surface area contributed by atoms with Crippen LogP contribution in [0.1, 0.15) is 36.5 Å². The van der Waals surface area contributed by atoms with Crippen molar-refractivity contribution >= 4 is 28.1 Å². The number of nitrogens with two attached hydrogens (primary N) is 1. The molecular weight excluding hydrogens is 264 g/mol. The number of aromatic nitrogens is 1. The molecule has 94 valence electrons. The van der Waals surface area contributed by atoms with Crippen LogP contribution < -0.4 is 5.73 Å². The Bertz CT molecular complexity index is 541. The van der Waals surface area contributed by atoms with Gasteiger partial charge in [-0.15, -0.1) is 11.3 Å². The summed E-state index contributed by atoms with van der Waals surface area (Å²) in [5.41, 5.74) is 8.07. The molecule has 2 aromatic rings. The number of rotatable bonds is 2. The van der Waals surface area contributed by atoms with Crippen LogP contribution in [0.3, 0.4) is 0 Å². The maximum atomic E-state index is 5.93. The molecule has 1 fully saturated rings. The van der Waals surface area contributed by atoms with E-state index in [1.165, 1.54) is 30.6 Å². The molecule has 0 atom stereocenters. The zero-order valence-electron chi connectivity index (χ0n) is 10.0. The van der Waals surface area contributed by atoms with E-state index in [0.29, 0.717) is 11.0 Å². The molecule has 0 aliphatic heterocycles. The Hall–Kier alpha value is -1.06. The third kappa shape index (κ3) is 2.25. The minimum atomic E-state index is 0.644. The van der Waals surface area contributed by atoms with Gasteiger partial charge in [-0.2, -0.15) is 0 Å². The molecule has 1 aromatic heterocycles. The number of halogens is 1. The van der Waals surface area contributed by atoms with E-state index in [-0.39, 0.29) is 0 Å². The van der Waals surface area contributed by atoms with E-state index in [2.05, 4.69) is 4.98 Å². The number of hydrogen-bond acceptors (Lipinski definition) is 3. The van der Waals surface area contributed by atoms with Crippen molar-refractivity contribution in [2.45, 2.75) is 31.6 Å². The van der Waals surface area contributed by atoms with Crippen LogP contribution in [0.4, 0.5) is 5.13 Å². The van der Waals surface area contributed by atoms with Gasteiger partial charge >= 0.3 is 0 Å². The van der Waals surface area contributed by atoms with E-state index in [0.717, 1.165) is 16.3 Å². The van der Waals surface area contributed by atoms with Gasteiger partial charge in [0.2, 0.25) is 0 Å². The average Bonchev–Trinajstić information content (AvgIpc) is 2.98. The molecule has 1 aliphatic carbocycles. The Kier molecular flexibility index (Phi) is 3.27. The fourth-order valence-corrected chi connectivity index (χ4v) is 3.78. The maximum Gasteiger partial charge on any atom is 0.180 e. The molecule has 4 heteroatoms. The summed E-state index contributed by atoms with van der Waals surface area (Å²) in [7, 11) is 0. The highest BCUT2D eigenvalue weighted by Gasteiger charge is 2.23. The summed E-state index contributed by atoms with van der Waals surface area (Å²) in [4.78, 5) is 5.86. The van der Waals surface area contributed by atoms with Crippen molar-refractivity contribution in [1.29, 1.82) is 0 Å². The topological polar surface area (TPSA) is 38.9 Å². The molecule has 0 amide bonds. The van der Waals surface area contributed by atoms with Gasteiger partial charge in [0.15, 0.2) is 5.13 Å². The van der Waals surface area contributed by atoms with Gasteiger partial charge in [-0.05, 0) is 30.9 Å². The molecule has 0 saturated heterocycles. The number of benzene rings is 1. The highest BCUT2D eigenvalue weighted by molar-refractivity contribution is 7.15. The van der Waals surface area contributed by atoms with Crippen LogP contribution in [0.2, 0.25) is 5.02 Å². The van der Waals surface area contributed by atoms with Crippen LogP contribution in [0.25, 0.3) is 11.3 Å². The Morgan fingerprint density at radius 3 is 2.50 bits per heavy atom. The van der Waals surface area contributed by atoms with Crippen LogP contribution in [-0.4, -0.2) is 4.98 Å². The summed E-state index contributed by atoms with van der Waals surface area (Å²) < 4.78 is 0. The van der Waals surface area contributed by atoms with Gasteiger partial charge < -0.3 is 5.73 Å². The van der Waals surface area contributed by atoms with Gasteiger partial charge in [-0.25, -0.2) is 4.98 Å². The van der Waals surface area contributed by atoms with Crippen molar-refractivity contribution in [3.05, 3.63) is 34.2 Å². The number of hydrogen-bond donors (Lipinski definition) is 1. The Labute approximate surface area is 116 Å². The van der Waals surface area contributed by atoms with Gasteiger partial charge in [0.1, 0.15) is 0 Å². The molecule has 0 spiro atoms. The summed E-state index contributed by atoms with van der Waals surface area (Å²) in [5.74, 6) is 0.644. The lowest BCUT2D eigenvalue weighted by Crippen LogP contribution is -1.92. The van der Waals surface area contributed by atoms with Crippen LogP contribution in [0, 0.1) is 0 Å². The first-order valence-corrected chi connectivity index (χ1v) is 7.45. The minimum Gasteiger partial charge on any atom is -0.375 e. The van der Waals surface area contributed by atoms with Crippen LogP contribution >= 0.6 is 22.9 Å². The second-order valence-electron chi connectivity index (χ2n) is 4.75. The molecular formula is C14H15ClN2S. The molecule has 0 radical (unpaired) electrons.